The minimum atomic E-state index is -3.72. The second kappa shape index (κ2) is 8.35. The fraction of sp³-hybridized carbons (Fsp3) is 0.200. The average molecular weight is 464 g/mol. The van der Waals surface area contributed by atoms with Crippen molar-refractivity contribution >= 4 is 33.0 Å². The lowest BCUT2D eigenvalue weighted by atomic mass is 10.2. The van der Waals surface area contributed by atoms with Crippen LogP contribution in [0, 0.1) is 6.92 Å². The number of benzene rings is 1. The molecular weight excluding hydrogens is 446 g/mol. The lowest BCUT2D eigenvalue weighted by Gasteiger charge is -2.12. The number of rotatable bonds is 7. The highest BCUT2D eigenvalue weighted by atomic mass is 35.5. The number of hydrogen-bond donors (Lipinski definition) is 1. The van der Waals surface area contributed by atoms with E-state index in [-0.39, 0.29) is 16.8 Å². The van der Waals surface area contributed by atoms with Crippen molar-refractivity contribution in [3.05, 3.63) is 64.4 Å². The molecule has 1 N–H and O–H groups in total. The second-order valence-corrected chi connectivity index (χ2v) is 10.1. The van der Waals surface area contributed by atoms with E-state index in [0.29, 0.717) is 38.3 Å². The lowest BCUT2D eigenvalue weighted by molar-refractivity contribution is 0.433. The van der Waals surface area contributed by atoms with Gasteiger partial charge in [0.2, 0.25) is 15.8 Å². The number of thiophene rings is 1. The van der Waals surface area contributed by atoms with E-state index in [0.717, 1.165) is 0 Å². The Morgan fingerprint density at radius 1 is 1.23 bits per heavy atom. The number of nitrogens with zero attached hydrogens (tertiary/aromatic N) is 2. The van der Waals surface area contributed by atoms with Crippen LogP contribution in [0.2, 0.25) is 5.02 Å². The summed E-state index contributed by atoms with van der Waals surface area (Å²) in [6.07, 6.45) is 2.02. The summed E-state index contributed by atoms with van der Waals surface area (Å²) in [6, 6.07) is 11.9. The fourth-order valence-corrected chi connectivity index (χ4v) is 5.95. The third-order valence-corrected chi connectivity index (χ3v) is 7.44. The summed E-state index contributed by atoms with van der Waals surface area (Å²) in [5, 5.41) is 4.55. The summed E-state index contributed by atoms with van der Waals surface area (Å²) < 4.78 is 39.1. The average Bonchev–Trinajstić information content (AvgIpc) is 3.41. The Hall–Kier alpha value is -2.46. The van der Waals surface area contributed by atoms with Crippen LogP contribution in [-0.4, -0.2) is 24.6 Å². The maximum Gasteiger partial charge on any atom is 0.268 e. The van der Waals surface area contributed by atoms with E-state index in [2.05, 4.69) is 14.9 Å². The molecule has 7 nitrogen and oxygen atoms in total. The van der Waals surface area contributed by atoms with Crippen LogP contribution in [0.3, 0.4) is 0 Å². The van der Waals surface area contributed by atoms with Crippen molar-refractivity contribution < 1.29 is 17.4 Å². The highest BCUT2D eigenvalue weighted by molar-refractivity contribution is 7.89. The van der Waals surface area contributed by atoms with Gasteiger partial charge in [0, 0.05) is 27.9 Å². The quantitative estimate of drug-likeness (QED) is 0.417. The van der Waals surface area contributed by atoms with E-state index >= 15 is 0 Å². The first-order valence-corrected chi connectivity index (χ1v) is 11.7. The summed E-state index contributed by atoms with van der Waals surface area (Å²) in [5.74, 6) is 1.35. The first kappa shape index (κ1) is 20.8. The van der Waals surface area contributed by atoms with Gasteiger partial charge in [0.1, 0.15) is 5.76 Å². The van der Waals surface area contributed by atoms with E-state index in [1.54, 1.807) is 50.4 Å². The summed E-state index contributed by atoms with van der Waals surface area (Å²) in [7, 11) is -3.72. The fourth-order valence-electron chi connectivity index (χ4n) is 3.01. The highest BCUT2D eigenvalue weighted by Gasteiger charge is 2.24. The summed E-state index contributed by atoms with van der Waals surface area (Å²) >= 11 is 7.29. The van der Waals surface area contributed by atoms with Crippen molar-refractivity contribution in [2.45, 2.75) is 31.2 Å². The van der Waals surface area contributed by atoms with Crippen molar-refractivity contribution in [2.24, 2.45) is 0 Å². The van der Waals surface area contributed by atoms with Crippen LogP contribution < -0.4 is 4.72 Å². The van der Waals surface area contributed by atoms with Crippen molar-refractivity contribution in [1.82, 2.24) is 14.9 Å². The Balaban J connectivity index is 1.56. The normalized spacial score (nSPS) is 12.9. The molecule has 156 valence electrons. The molecule has 0 saturated heterocycles. The van der Waals surface area contributed by atoms with Crippen LogP contribution in [0.1, 0.15) is 17.6 Å². The van der Waals surface area contributed by atoms with Gasteiger partial charge in [-0.25, -0.2) is 13.1 Å². The number of sulfonamides is 1. The van der Waals surface area contributed by atoms with Crippen LogP contribution in [0.5, 0.6) is 0 Å². The van der Waals surface area contributed by atoms with Crippen LogP contribution in [-0.2, 0) is 16.4 Å². The molecular formula is C20H18ClN3O4S2. The molecule has 0 aliphatic heterocycles. The van der Waals surface area contributed by atoms with Crippen LogP contribution in [0.15, 0.2) is 62.6 Å². The Kier molecular flexibility index (Phi) is 5.79. The van der Waals surface area contributed by atoms with E-state index in [9.17, 15) is 8.42 Å². The Morgan fingerprint density at radius 3 is 2.80 bits per heavy atom. The number of furan rings is 1. The number of aromatic nitrogens is 2. The number of halogens is 1. The molecule has 0 bridgehead atoms. The van der Waals surface area contributed by atoms with Gasteiger partial charge in [0.15, 0.2) is 0 Å². The van der Waals surface area contributed by atoms with Crippen molar-refractivity contribution in [3.8, 4) is 22.2 Å². The zero-order valence-corrected chi connectivity index (χ0v) is 18.5. The molecule has 4 rings (SSSR count). The molecule has 0 aliphatic rings. The Labute approximate surface area is 182 Å². The largest absolute Gasteiger partial charge is 0.469 e. The molecule has 0 unspecified atom stereocenters. The molecule has 1 atom stereocenters. The second-order valence-electron chi connectivity index (χ2n) is 6.77. The van der Waals surface area contributed by atoms with Gasteiger partial charge < -0.3 is 8.94 Å². The first-order chi connectivity index (χ1) is 14.3. The molecule has 0 saturated carbocycles. The van der Waals surface area contributed by atoms with Gasteiger partial charge >= 0.3 is 0 Å². The third-order valence-electron chi connectivity index (χ3n) is 4.33. The molecule has 30 heavy (non-hydrogen) atoms. The van der Waals surface area contributed by atoms with Gasteiger partial charge in [-0.2, -0.15) is 4.98 Å². The molecule has 3 heterocycles. The first-order valence-electron chi connectivity index (χ1n) is 9.07. The molecule has 0 amide bonds. The summed E-state index contributed by atoms with van der Waals surface area (Å²) in [6.45, 7) is 3.53. The Morgan fingerprint density at radius 2 is 2.07 bits per heavy atom. The highest BCUT2D eigenvalue weighted by Crippen LogP contribution is 2.34. The number of nitrogens with one attached hydrogen (secondary N) is 1. The number of hydrogen-bond acceptors (Lipinski definition) is 7. The van der Waals surface area contributed by atoms with Crippen LogP contribution in [0.25, 0.3) is 22.2 Å². The maximum absolute atomic E-state index is 12.9. The SMILES string of the molecule is Cc1sc(-c2nc(-c3cccc(Cl)c3)no2)cc1S(=O)(=O)N[C@@H](C)Cc1ccco1. The maximum atomic E-state index is 12.9. The van der Waals surface area contributed by atoms with E-state index < -0.39 is 10.0 Å². The van der Waals surface area contributed by atoms with E-state index in [1.807, 2.05) is 12.1 Å². The molecule has 3 aromatic heterocycles. The van der Waals surface area contributed by atoms with Gasteiger partial charge in [0.05, 0.1) is 16.0 Å². The van der Waals surface area contributed by atoms with Crippen LogP contribution >= 0.6 is 22.9 Å². The molecule has 4 aromatic rings. The summed E-state index contributed by atoms with van der Waals surface area (Å²) in [4.78, 5) is 5.78. The predicted octanol–water partition coefficient (Wildman–Crippen LogP) is 4.93. The molecule has 0 aliphatic carbocycles. The van der Waals surface area contributed by atoms with Gasteiger partial charge in [0.25, 0.3) is 5.89 Å². The minimum absolute atomic E-state index is 0.191. The third kappa shape index (κ3) is 4.49. The Bertz CT molecular complexity index is 1260. The smallest absolute Gasteiger partial charge is 0.268 e. The van der Waals surface area contributed by atoms with Gasteiger partial charge in [-0.05, 0) is 44.2 Å². The van der Waals surface area contributed by atoms with Gasteiger partial charge in [-0.3, -0.25) is 0 Å². The predicted molar refractivity (Wildman–Crippen MR) is 115 cm³/mol. The van der Waals surface area contributed by atoms with Gasteiger partial charge in [-0.15, -0.1) is 11.3 Å². The van der Waals surface area contributed by atoms with Crippen LogP contribution in [0.4, 0.5) is 0 Å². The molecule has 0 radical (unpaired) electrons. The monoisotopic (exact) mass is 463 g/mol. The minimum Gasteiger partial charge on any atom is -0.469 e. The molecule has 1 aromatic carbocycles. The van der Waals surface area contributed by atoms with E-state index in [1.165, 1.54) is 11.3 Å². The zero-order chi connectivity index (χ0) is 21.3. The topological polar surface area (TPSA) is 98.2 Å². The lowest BCUT2D eigenvalue weighted by Crippen LogP contribution is -2.34. The van der Waals surface area contributed by atoms with Crippen molar-refractivity contribution in [1.29, 1.82) is 0 Å². The number of aryl methyl sites for hydroxylation is 1. The van der Waals surface area contributed by atoms with Crippen molar-refractivity contribution in [2.75, 3.05) is 0 Å². The van der Waals surface area contributed by atoms with Crippen molar-refractivity contribution in [3.63, 3.8) is 0 Å². The summed E-state index contributed by atoms with van der Waals surface area (Å²) in [5.41, 5.74) is 0.715. The van der Waals surface area contributed by atoms with Gasteiger partial charge in [-0.1, -0.05) is 28.9 Å². The standard InChI is InChI=1S/C20H18ClN3O4S2/c1-12(9-16-7-4-8-27-16)24-30(25,26)18-11-17(29-13(18)2)20-22-19(23-28-20)14-5-3-6-15(21)10-14/h3-8,10-12,24H,9H2,1-2H3/t12-/m0/s1. The molecule has 10 heteroatoms. The molecule has 0 fully saturated rings. The zero-order valence-electron chi connectivity index (χ0n) is 16.1. The molecule has 0 spiro atoms. The van der Waals surface area contributed by atoms with E-state index in [4.69, 9.17) is 20.5 Å².